The maximum atomic E-state index is 13.7. The van der Waals surface area contributed by atoms with Crippen LogP contribution in [0.3, 0.4) is 0 Å². The van der Waals surface area contributed by atoms with Gasteiger partial charge in [0.15, 0.2) is 0 Å². The van der Waals surface area contributed by atoms with Gasteiger partial charge in [-0.15, -0.1) is 0 Å². The molecule has 2 N–H and O–H groups in total. The van der Waals surface area contributed by atoms with E-state index in [1.54, 1.807) is 6.92 Å². The van der Waals surface area contributed by atoms with Gasteiger partial charge in [0.2, 0.25) is 0 Å². The minimum Gasteiger partial charge on any atom is -0.481 e. The average Bonchev–Trinajstić information content (AvgIpc) is 2.64. The fourth-order valence-corrected chi connectivity index (χ4v) is 1.89. The third kappa shape index (κ3) is 2.36. The molecule has 0 saturated heterocycles. The maximum Gasteiger partial charge on any atom is 0.307 e. The van der Waals surface area contributed by atoms with Crippen molar-refractivity contribution in [2.24, 2.45) is 0 Å². The molecule has 0 unspecified atom stereocenters. The number of nitrogens with one attached hydrogen (secondary N) is 1. The van der Waals surface area contributed by atoms with Crippen molar-refractivity contribution in [2.75, 3.05) is 0 Å². The van der Waals surface area contributed by atoms with Gasteiger partial charge in [0, 0.05) is 21.8 Å². The van der Waals surface area contributed by atoms with Gasteiger partial charge >= 0.3 is 5.97 Å². The summed E-state index contributed by atoms with van der Waals surface area (Å²) in [6.45, 7) is 1.69. The number of aromatic amines is 1. The van der Waals surface area contributed by atoms with Crippen molar-refractivity contribution in [1.29, 1.82) is 0 Å². The molecular weight excluding hydrogens is 259 g/mol. The van der Waals surface area contributed by atoms with Crippen LogP contribution in [0.1, 0.15) is 11.3 Å². The monoisotopic (exact) mass is 268 g/mol. The number of benzene rings is 1. The normalized spacial score (nSPS) is 10.6. The molecule has 1 aromatic carbocycles. The van der Waals surface area contributed by atoms with Crippen molar-refractivity contribution >= 4 is 17.6 Å². The first-order valence-corrected chi connectivity index (χ1v) is 5.58. The fourth-order valence-electron chi connectivity index (χ4n) is 1.72. The second-order valence-corrected chi connectivity index (χ2v) is 4.31. The molecule has 1 heterocycles. The van der Waals surface area contributed by atoms with Crippen LogP contribution in [0.2, 0.25) is 5.02 Å². The van der Waals surface area contributed by atoms with Gasteiger partial charge in [-0.2, -0.15) is 5.10 Å². The van der Waals surface area contributed by atoms with Gasteiger partial charge in [-0.05, 0) is 25.1 Å². The third-order valence-corrected chi connectivity index (χ3v) is 2.82. The summed E-state index contributed by atoms with van der Waals surface area (Å²) in [5.41, 5.74) is 1.55. The number of carboxylic acids is 1. The first-order valence-electron chi connectivity index (χ1n) is 5.20. The van der Waals surface area contributed by atoms with Crippen LogP contribution in [-0.4, -0.2) is 21.3 Å². The molecule has 0 spiro atoms. The van der Waals surface area contributed by atoms with E-state index in [1.807, 2.05) is 0 Å². The quantitative estimate of drug-likeness (QED) is 0.899. The van der Waals surface area contributed by atoms with Crippen molar-refractivity contribution in [1.82, 2.24) is 10.2 Å². The highest BCUT2D eigenvalue weighted by atomic mass is 35.5. The number of nitrogens with zero attached hydrogens (tertiary/aromatic N) is 1. The molecule has 0 radical (unpaired) electrons. The molecule has 2 aromatic rings. The van der Waals surface area contributed by atoms with Gasteiger partial charge in [-0.25, -0.2) is 4.39 Å². The number of halogens is 2. The van der Waals surface area contributed by atoms with E-state index in [-0.39, 0.29) is 17.7 Å². The molecule has 0 fully saturated rings. The fraction of sp³-hybridized carbons (Fsp3) is 0.167. The van der Waals surface area contributed by atoms with Crippen molar-refractivity contribution in [3.8, 4) is 11.3 Å². The van der Waals surface area contributed by atoms with E-state index in [9.17, 15) is 9.18 Å². The second kappa shape index (κ2) is 4.78. The number of carboxylic acid groups (broad SMARTS) is 1. The van der Waals surface area contributed by atoms with Crippen LogP contribution in [-0.2, 0) is 11.2 Å². The summed E-state index contributed by atoms with van der Waals surface area (Å²) >= 11 is 5.81. The predicted molar refractivity (Wildman–Crippen MR) is 65.1 cm³/mol. The standard InChI is InChI=1S/C12H10ClFN2O2/c1-6-8(5-11(17)18)12(16-15-6)9-4-7(13)2-3-10(9)14/h2-4H,5H2,1H3,(H,15,16)(H,17,18). The Morgan fingerprint density at radius 3 is 2.94 bits per heavy atom. The summed E-state index contributed by atoms with van der Waals surface area (Å²) < 4.78 is 13.7. The number of H-pyrrole nitrogens is 1. The van der Waals surface area contributed by atoms with Crippen LogP contribution in [0.4, 0.5) is 4.39 Å². The summed E-state index contributed by atoms with van der Waals surface area (Å²) in [6.07, 6.45) is -0.219. The first kappa shape index (κ1) is 12.6. The lowest BCUT2D eigenvalue weighted by Gasteiger charge is -2.03. The zero-order valence-corrected chi connectivity index (χ0v) is 10.3. The Labute approximate surface area is 107 Å². The first-order chi connectivity index (χ1) is 8.49. The highest BCUT2D eigenvalue weighted by molar-refractivity contribution is 6.30. The number of aryl methyl sites for hydroxylation is 1. The van der Waals surface area contributed by atoms with Crippen molar-refractivity contribution < 1.29 is 14.3 Å². The van der Waals surface area contributed by atoms with Gasteiger partial charge < -0.3 is 5.11 Å². The summed E-state index contributed by atoms with van der Waals surface area (Å²) in [7, 11) is 0. The molecular formula is C12H10ClFN2O2. The van der Waals surface area contributed by atoms with Crippen LogP contribution in [0.25, 0.3) is 11.3 Å². The number of aromatic nitrogens is 2. The summed E-state index contributed by atoms with van der Waals surface area (Å²) in [5.74, 6) is -1.49. The molecule has 0 bridgehead atoms. The van der Waals surface area contributed by atoms with Crippen LogP contribution in [0.15, 0.2) is 18.2 Å². The lowest BCUT2D eigenvalue weighted by molar-refractivity contribution is -0.136. The van der Waals surface area contributed by atoms with Gasteiger partial charge in [-0.1, -0.05) is 11.6 Å². The topological polar surface area (TPSA) is 66.0 Å². The van der Waals surface area contributed by atoms with Crippen molar-refractivity contribution in [3.05, 3.63) is 40.3 Å². The summed E-state index contributed by atoms with van der Waals surface area (Å²) in [5, 5.41) is 15.8. The molecule has 0 amide bonds. The Bertz CT molecular complexity index is 610. The Morgan fingerprint density at radius 2 is 2.28 bits per heavy atom. The molecule has 0 aliphatic heterocycles. The minimum atomic E-state index is -0.997. The number of hydrogen-bond acceptors (Lipinski definition) is 2. The average molecular weight is 269 g/mol. The molecule has 94 valence electrons. The molecule has 2 rings (SSSR count). The van der Waals surface area contributed by atoms with Gasteiger partial charge in [0.1, 0.15) is 5.82 Å². The van der Waals surface area contributed by atoms with Gasteiger partial charge in [-0.3, -0.25) is 9.89 Å². The number of rotatable bonds is 3. The highest BCUT2D eigenvalue weighted by Crippen LogP contribution is 2.28. The molecule has 6 heteroatoms. The molecule has 1 aromatic heterocycles. The van der Waals surface area contributed by atoms with E-state index < -0.39 is 11.8 Å². The maximum absolute atomic E-state index is 13.7. The van der Waals surface area contributed by atoms with E-state index >= 15 is 0 Å². The van der Waals surface area contributed by atoms with E-state index in [4.69, 9.17) is 16.7 Å². The second-order valence-electron chi connectivity index (χ2n) is 3.87. The van der Waals surface area contributed by atoms with E-state index in [2.05, 4.69) is 10.2 Å². The summed E-state index contributed by atoms with van der Waals surface area (Å²) in [4.78, 5) is 10.8. The lowest BCUT2D eigenvalue weighted by atomic mass is 10.0. The van der Waals surface area contributed by atoms with Crippen LogP contribution in [0, 0.1) is 12.7 Å². The SMILES string of the molecule is Cc1[nH]nc(-c2cc(Cl)ccc2F)c1CC(=O)O. The smallest absolute Gasteiger partial charge is 0.307 e. The van der Waals surface area contributed by atoms with Crippen molar-refractivity contribution in [3.63, 3.8) is 0 Å². The van der Waals surface area contributed by atoms with E-state index in [1.165, 1.54) is 18.2 Å². The number of carbonyl (C=O) groups is 1. The molecule has 0 aliphatic rings. The number of aliphatic carboxylic acids is 1. The van der Waals surface area contributed by atoms with Crippen LogP contribution < -0.4 is 0 Å². The Balaban J connectivity index is 2.57. The zero-order chi connectivity index (χ0) is 13.3. The van der Waals surface area contributed by atoms with Gasteiger partial charge in [0.05, 0.1) is 12.1 Å². The van der Waals surface area contributed by atoms with E-state index in [0.717, 1.165) is 0 Å². The molecule has 4 nitrogen and oxygen atoms in total. The summed E-state index contributed by atoms with van der Waals surface area (Å²) in [6, 6.07) is 4.08. The van der Waals surface area contributed by atoms with Crippen LogP contribution >= 0.6 is 11.6 Å². The zero-order valence-electron chi connectivity index (χ0n) is 9.50. The predicted octanol–water partition coefficient (Wildman–Crippen LogP) is 2.80. The Hall–Kier alpha value is -1.88. The Kier molecular flexibility index (Phi) is 3.34. The highest BCUT2D eigenvalue weighted by Gasteiger charge is 2.18. The molecule has 18 heavy (non-hydrogen) atoms. The van der Waals surface area contributed by atoms with Gasteiger partial charge in [0.25, 0.3) is 0 Å². The molecule has 0 aliphatic carbocycles. The molecule has 0 saturated carbocycles. The number of hydrogen-bond donors (Lipinski definition) is 2. The van der Waals surface area contributed by atoms with Crippen LogP contribution in [0.5, 0.6) is 0 Å². The van der Waals surface area contributed by atoms with E-state index in [0.29, 0.717) is 16.3 Å². The van der Waals surface area contributed by atoms with Crippen molar-refractivity contribution in [2.45, 2.75) is 13.3 Å². The largest absolute Gasteiger partial charge is 0.481 e. The third-order valence-electron chi connectivity index (χ3n) is 2.59. The Morgan fingerprint density at radius 1 is 1.56 bits per heavy atom. The minimum absolute atomic E-state index is 0.197. The molecule has 0 atom stereocenters. The lowest BCUT2D eigenvalue weighted by Crippen LogP contribution is -2.02.